The van der Waals surface area contributed by atoms with E-state index in [9.17, 15) is 8.78 Å². The van der Waals surface area contributed by atoms with Crippen molar-refractivity contribution in [3.63, 3.8) is 0 Å². The number of hydrogen-bond donors (Lipinski definition) is 1. The minimum absolute atomic E-state index is 0.0334. The number of halogens is 2. The van der Waals surface area contributed by atoms with Crippen LogP contribution >= 0.6 is 0 Å². The Morgan fingerprint density at radius 3 is 2.20 bits per heavy atom. The third-order valence-corrected chi connectivity index (χ3v) is 7.08. The molecule has 0 saturated carbocycles. The fraction of sp³-hybridized carbons (Fsp3) is 0.375. The second kappa shape index (κ2) is 8.40. The maximum Gasteiger partial charge on any atom is 0.219 e. The molecule has 1 aliphatic carbocycles. The maximum atomic E-state index is 13.9. The van der Waals surface area contributed by atoms with Gasteiger partial charge in [-0.15, -0.1) is 5.10 Å². The largest absolute Gasteiger partial charge is 0.368 e. The van der Waals surface area contributed by atoms with Gasteiger partial charge in [-0.1, -0.05) is 5.21 Å². The highest BCUT2D eigenvalue weighted by Gasteiger charge is 2.32. The monoisotopic (exact) mass is 477 g/mol. The number of hydrogen-bond acceptors (Lipinski definition) is 7. The van der Waals surface area contributed by atoms with Gasteiger partial charge in [0.05, 0.1) is 17.5 Å². The molecule has 1 aliphatic heterocycles. The lowest BCUT2D eigenvalue weighted by molar-refractivity contribution is 0.472. The van der Waals surface area contributed by atoms with Crippen molar-refractivity contribution in [3.8, 4) is 11.4 Å². The minimum atomic E-state index is -0.812. The Labute approximate surface area is 200 Å². The molecule has 0 unspecified atom stereocenters. The van der Waals surface area contributed by atoms with E-state index in [2.05, 4.69) is 29.7 Å². The second-order valence-electron chi connectivity index (χ2n) is 9.32. The summed E-state index contributed by atoms with van der Waals surface area (Å²) in [4.78, 5) is 15.3. The number of aromatic nitrogens is 7. The molecule has 2 N–H and O–H groups in total. The molecule has 1 fully saturated rings. The number of imidazole rings is 1. The highest BCUT2D eigenvalue weighted by Crippen LogP contribution is 2.39. The van der Waals surface area contributed by atoms with Crippen molar-refractivity contribution in [2.75, 3.05) is 23.7 Å². The summed E-state index contributed by atoms with van der Waals surface area (Å²) in [5.74, 6) is 0.630. The van der Waals surface area contributed by atoms with E-state index in [1.165, 1.54) is 12.1 Å². The second-order valence-corrected chi connectivity index (χ2v) is 9.32. The van der Waals surface area contributed by atoms with Crippen LogP contribution in [0.4, 0.5) is 20.5 Å². The first kappa shape index (κ1) is 21.6. The molecular formula is C24H25F2N9. The van der Waals surface area contributed by atoms with Gasteiger partial charge in [0.1, 0.15) is 11.6 Å². The number of anilines is 2. The number of aryl methyl sites for hydroxylation is 1. The van der Waals surface area contributed by atoms with Crippen LogP contribution in [0.15, 0.2) is 36.9 Å². The zero-order valence-electron chi connectivity index (χ0n) is 19.3. The first-order valence-corrected chi connectivity index (χ1v) is 11.7. The molecule has 35 heavy (non-hydrogen) atoms. The molecule has 0 amide bonds. The summed E-state index contributed by atoms with van der Waals surface area (Å²) in [6.07, 6.45) is 10.3. The first-order chi connectivity index (χ1) is 17.0. The van der Waals surface area contributed by atoms with Crippen LogP contribution in [0.2, 0.25) is 0 Å². The van der Waals surface area contributed by atoms with Crippen LogP contribution < -0.4 is 10.6 Å². The van der Waals surface area contributed by atoms with Crippen LogP contribution in [-0.2, 0) is 19.9 Å². The van der Waals surface area contributed by atoms with Crippen molar-refractivity contribution in [1.82, 2.24) is 34.5 Å². The lowest BCUT2D eigenvalue weighted by Crippen LogP contribution is -2.35. The lowest BCUT2D eigenvalue weighted by Gasteiger charge is -2.34. The quantitative estimate of drug-likeness (QED) is 0.482. The van der Waals surface area contributed by atoms with Crippen molar-refractivity contribution >= 4 is 11.8 Å². The zero-order valence-corrected chi connectivity index (χ0v) is 19.3. The Balaban J connectivity index is 1.33. The summed E-state index contributed by atoms with van der Waals surface area (Å²) in [5, 5.41) is 8.37. The molecule has 0 bridgehead atoms. The predicted octanol–water partition coefficient (Wildman–Crippen LogP) is 3.05. The summed E-state index contributed by atoms with van der Waals surface area (Å²) in [6, 6.07) is 2.60. The van der Waals surface area contributed by atoms with Gasteiger partial charge in [-0.25, -0.2) is 23.7 Å². The third-order valence-electron chi connectivity index (χ3n) is 7.08. The molecule has 180 valence electrons. The fourth-order valence-electron chi connectivity index (χ4n) is 5.34. The summed E-state index contributed by atoms with van der Waals surface area (Å²) in [6.45, 7) is 1.68. The Hall–Kier alpha value is -3.89. The fourth-order valence-corrected chi connectivity index (χ4v) is 5.34. The molecule has 1 saturated heterocycles. The molecule has 3 aromatic heterocycles. The molecule has 0 spiro atoms. The molecule has 4 heterocycles. The number of nitrogen functional groups attached to an aromatic ring is 1. The average Bonchev–Trinajstić information content (AvgIpc) is 3.58. The van der Waals surface area contributed by atoms with Gasteiger partial charge < -0.3 is 15.2 Å². The van der Waals surface area contributed by atoms with E-state index >= 15 is 0 Å². The number of fused-ring (bicyclic) bond motifs is 1. The molecule has 11 heteroatoms. The van der Waals surface area contributed by atoms with Crippen molar-refractivity contribution in [2.24, 2.45) is 7.05 Å². The van der Waals surface area contributed by atoms with Crippen LogP contribution in [0.3, 0.4) is 0 Å². The summed E-state index contributed by atoms with van der Waals surface area (Å²) in [5.41, 5.74) is 9.12. The molecule has 4 aromatic rings. The summed E-state index contributed by atoms with van der Waals surface area (Å²) in [7, 11) is 1.88. The maximum absolute atomic E-state index is 13.9. The van der Waals surface area contributed by atoms with E-state index in [1.54, 1.807) is 17.1 Å². The van der Waals surface area contributed by atoms with Crippen molar-refractivity contribution in [2.45, 2.75) is 37.6 Å². The SMILES string of the molecule is Cn1cc(C2CCN(c3cnc(-c4cnc(N)nc4)n3C3Cc4cc(F)c(F)cc4C3)CC2)nn1. The number of nitrogens with zero attached hydrogens (tertiary/aromatic N) is 8. The molecule has 9 nitrogen and oxygen atoms in total. The van der Waals surface area contributed by atoms with E-state index in [0.717, 1.165) is 60.0 Å². The van der Waals surface area contributed by atoms with Gasteiger partial charge in [0, 0.05) is 50.7 Å². The standard InChI is InChI=1S/C24H25F2N9/c1-33-13-21(31-32-33)14-2-4-34(5-3-14)22-12-28-23(17-10-29-24(27)30-11-17)35(22)18-6-15-8-19(25)20(26)9-16(15)7-18/h8-14,18H,2-7H2,1H3,(H2,27,29,30). The van der Waals surface area contributed by atoms with E-state index in [-0.39, 0.29) is 12.0 Å². The highest BCUT2D eigenvalue weighted by atomic mass is 19.2. The Morgan fingerprint density at radius 1 is 0.943 bits per heavy atom. The number of nitrogens with two attached hydrogens (primary N) is 1. The van der Waals surface area contributed by atoms with Gasteiger partial charge in [0.15, 0.2) is 11.6 Å². The van der Waals surface area contributed by atoms with Crippen LogP contribution in [0.25, 0.3) is 11.4 Å². The van der Waals surface area contributed by atoms with Gasteiger partial charge in [0.25, 0.3) is 0 Å². The van der Waals surface area contributed by atoms with Crippen LogP contribution in [0.5, 0.6) is 0 Å². The molecule has 0 atom stereocenters. The third kappa shape index (κ3) is 3.90. The normalized spacial score (nSPS) is 16.7. The minimum Gasteiger partial charge on any atom is -0.368 e. The first-order valence-electron chi connectivity index (χ1n) is 11.7. The predicted molar refractivity (Wildman–Crippen MR) is 126 cm³/mol. The van der Waals surface area contributed by atoms with Crippen molar-refractivity contribution in [1.29, 1.82) is 0 Å². The molecule has 0 radical (unpaired) electrons. The molecule has 6 rings (SSSR count). The molecular weight excluding hydrogens is 452 g/mol. The van der Waals surface area contributed by atoms with Gasteiger partial charge in [-0.2, -0.15) is 0 Å². The average molecular weight is 478 g/mol. The van der Waals surface area contributed by atoms with Crippen molar-refractivity contribution < 1.29 is 8.78 Å². The molecule has 1 aromatic carbocycles. The Morgan fingerprint density at radius 2 is 1.60 bits per heavy atom. The Kier molecular flexibility index (Phi) is 5.19. The Bertz CT molecular complexity index is 1340. The smallest absolute Gasteiger partial charge is 0.219 e. The van der Waals surface area contributed by atoms with E-state index in [4.69, 9.17) is 10.7 Å². The lowest BCUT2D eigenvalue weighted by atomic mass is 9.94. The van der Waals surface area contributed by atoms with Gasteiger partial charge >= 0.3 is 0 Å². The summed E-state index contributed by atoms with van der Waals surface area (Å²) >= 11 is 0. The van der Waals surface area contributed by atoms with Crippen LogP contribution in [0.1, 0.15) is 41.6 Å². The number of piperidine rings is 1. The van der Waals surface area contributed by atoms with E-state index in [0.29, 0.717) is 18.8 Å². The van der Waals surface area contributed by atoms with Crippen LogP contribution in [0, 0.1) is 11.6 Å². The van der Waals surface area contributed by atoms with Gasteiger partial charge in [0.2, 0.25) is 5.95 Å². The van der Waals surface area contributed by atoms with Gasteiger partial charge in [-0.05, 0) is 48.9 Å². The number of benzene rings is 1. The van der Waals surface area contributed by atoms with E-state index in [1.807, 2.05) is 19.4 Å². The molecule has 2 aliphatic rings. The van der Waals surface area contributed by atoms with Crippen LogP contribution in [-0.4, -0.2) is 47.6 Å². The topological polar surface area (TPSA) is 104 Å². The summed E-state index contributed by atoms with van der Waals surface area (Å²) < 4.78 is 31.8. The van der Waals surface area contributed by atoms with E-state index < -0.39 is 11.6 Å². The highest BCUT2D eigenvalue weighted by molar-refractivity contribution is 5.59. The number of rotatable bonds is 4. The van der Waals surface area contributed by atoms with Crippen molar-refractivity contribution in [3.05, 3.63) is 65.4 Å². The van der Waals surface area contributed by atoms with Gasteiger partial charge in [-0.3, -0.25) is 4.68 Å². The zero-order chi connectivity index (χ0) is 24.1.